The minimum Gasteiger partial charge on any atom is -0.374 e. The third kappa shape index (κ3) is 5.49. The predicted octanol–water partition coefficient (Wildman–Crippen LogP) is 4.74. The lowest BCUT2D eigenvalue weighted by molar-refractivity contribution is -0.137. The molecule has 0 saturated heterocycles. The van der Waals surface area contributed by atoms with Gasteiger partial charge in [-0.25, -0.2) is 9.38 Å². The first-order valence-electron chi connectivity index (χ1n) is 9.95. The van der Waals surface area contributed by atoms with Crippen molar-refractivity contribution in [3.8, 4) is 0 Å². The van der Waals surface area contributed by atoms with Gasteiger partial charge in [-0.3, -0.25) is 14.9 Å². The fraction of sp³-hybridized carbons (Fsp3) is 0.0870. The van der Waals surface area contributed by atoms with Crippen LogP contribution in [0.3, 0.4) is 0 Å². The van der Waals surface area contributed by atoms with Gasteiger partial charge in [0.2, 0.25) is 11.9 Å². The van der Waals surface area contributed by atoms with Crippen LogP contribution in [0.5, 0.6) is 0 Å². The maximum absolute atomic E-state index is 13.2. The predicted molar refractivity (Wildman–Crippen MR) is 120 cm³/mol. The summed E-state index contributed by atoms with van der Waals surface area (Å²) >= 11 is 0. The molecule has 11 heteroatoms. The van der Waals surface area contributed by atoms with Gasteiger partial charge in [0.15, 0.2) is 0 Å². The first-order valence-corrected chi connectivity index (χ1v) is 9.95. The number of anilines is 3. The molecule has 0 aromatic heterocycles. The lowest BCUT2D eigenvalue weighted by atomic mass is 10.2. The molecule has 0 atom stereocenters. The van der Waals surface area contributed by atoms with E-state index in [1.165, 1.54) is 24.3 Å². The highest BCUT2D eigenvalue weighted by molar-refractivity contribution is 6.11. The molecule has 1 heterocycles. The zero-order chi connectivity index (χ0) is 24.3. The Kier molecular flexibility index (Phi) is 6.17. The van der Waals surface area contributed by atoms with Crippen molar-refractivity contribution in [3.05, 3.63) is 83.7 Å². The molecule has 1 aliphatic rings. The number of hydrogen-bond acceptors (Lipinski definition) is 4. The number of benzene rings is 3. The Hall–Kier alpha value is -4.41. The molecule has 0 radical (unpaired) electrons. The number of guanidine groups is 1. The number of carbonyl (C=O) groups is 2. The van der Waals surface area contributed by atoms with E-state index in [1.54, 1.807) is 18.2 Å². The van der Waals surface area contributed by atoms with Gasteiger partial charge >= 0.3 is 6.18 Å². The quantitative estimate of drug-likeness (QED) is 0.252. The summed E-state index contributed by atoms with van der Waals surface area (Å²) < 4.78 is 51.8. The molecule has 4 N–H and O–H groups in total. The van der Waals surface area contributed by atoms with Crippen molar-refractivity contribution in [2.45, 2.75) is 6.18 Å². The van der Waals surface area contributed by atoms with Crippen LogP contribution in [-0.2, 0) is 11.0 Å². The molecule has 1 aliphatic heterocycles. The topological polar surface area (TPSA) is 94.6 Å². The Bertz CT molecular complexity index is 1260. The van der Waals surface area contributed by atoms with Crippen molar-refractivity contribution >= 4 is 40.5 Å². The Morgan fingerprint density at radius 2 is 1.65 bits per heavy atom. The van der Waals surface area contributed by atoms with Crippen LogP contribution in [-0.4, -0.2) is 24.3 Å². The van der Waals surface area contributed by atoms with Crippen LogP contribution in [0.1, 0.15) is 15.9 Å². The first kappa shape index (κ1) is 22.8. The number of rotatable bonds is 3. The van der Waals surface area contributed by atoms with Crippen LogP contribution in [0.2, 0.25) is 0 Å². The number of nitrogens with zero attached hydrogens (tertiary/aromatic N) is 1. The van der Waals surface area contributed by atoms with Crippen molar-refractivity contribution in [1.29, 1.82) is 0 Å². The molecule has 3 aromatic rings. The molecule has 0 spiro atoms. The molecule has 174 valence electrons. The Morgan fingerprint density at radius 1 is 0.941 bits per heavy atom. The van der Waals surface area contributed by atoms with E-state index in [4.69, 9.17) is 0 Å². The number of nitrogens with one attached hydrogen (secondary N) is 4. The van der Waals surface area contributed by atoms with Gasteiger partial charge in [-0.2, -0.15) is 13.2 Å². The fourth-order valence-electron chi connectivity index (χ4n) is 3.11. The summed E-state index contributed by atoms with van der Waals surface area (Å²) in [4.78, 5) is 28.4. The van der Waals surface area contributed by atoms with E-state index in [0.717, 1.165) is 24.3 Å². The minimum atomic E-state index is -4.49. The smallest absolute Gasteiger partial charge is 0.374 e. The van der Waals surface area contributed by atoms with Crippen LogP contribution in [0.15, 0.2) is 71.7 Å². The third-order valence-corrected chi connectivity index (χ3v) is 4.77. The summed E-state index contributed by atoms with van der Waals surface area (Å²) in [6.45, 7) is 0.0876. The molecule has 0 unspecified atom stereocenters. The van der Waals surface area contributed by atoms with Crippen molar-refractivity contribution < 1.29 is 27.2 Å². The van der Waals surface area contributed by atoms with Crippen molar-refractivity contribution in [2.24, 2.45) is 4.99 Å². The van der Waals surface area contributed by atoms with E-state index >= 15 is 0 Å². The Labute approximate surface area is 190 Å². The summed E-state index contributed by atoms with van der Waals surface area (Å²) in [5.41, 5.74) is 1.14. The van der Waals surface area contributed by atoms with E-state index in [-0.39, 0.29) is 29.7 Å². The highest BCUT2D eigenvalue weighted by Gasteiger charge is 2.30. The maximum atomic E-state index is 13.2. The molecule has 0 fully saturated rings. The molecule has 7 nitrogen and oxygen atoms in total. The number of aliphatic imine (C=N–C) groups is 1. The molecule has 4 rings (SSSR count). The van der Waals surface area contributed by atoms with Gasteiger partial charge < -0.3 is 16.0 Å². The van der Waals surface area contributed by atoms with E-state index in [9.17, 15) is 27.2 Å². The lowest BCUT2D eigenvalue weighted by Gasteiger charge is -2.20. The number of amides is 2. The second kappa shape index (κ2) is 9.22. The number of fused-ring (bicyclic) bond motifs is 1. The van der Waals surface area contributed by atoms with E-state index in [2.05, 4.69) is 26.3 Å². The average Bonchev–Trinajstić information content (AvgIpc) is 2.79. The second-order valence-electron chi connectivity index (χ2n) is 7.25. The van der Waals surface area contributed by atoms with Crippen LogP contribution >= 0.6 is 0 Å². The largest absolute Gasteiger partial charge is 0.416 e. The van der Waals surface area contributed by atoms with Gasteiger partial charge in [0.25, 0.3) is 5.91 Å². The van der Waals surface area contributed by atoms with E-state index in [0.29, 0.717) is 17.1 Å². The standard InChI is InChI=1S/C23H17F4N5O2/c24-15-5-1-13(2-6-15)21(34)32-22(29-16-7-3-14(4-8-16)23(25,26)27)30-17-9-10-18-19(11-17)28-12-20(33)31-18/h1-11,28H,12H2,(H,31,33)(H2,29,30,32,34). The molecular weight excluding hydrogens is 454 g/mol. The maximum Gasteiger partial charge on any atom is 0.416 e. The van der Waals surface area contributed by atoms with Gasteiger partial charge in [0, 0.05) is 11.3 Å². The van der Waals surface area contributed by atoms with E-state index in [1.807, 2.05) is 0 Å². The van der Waals surface area contributed by atoms with Crippen molar-refractivity contribution in [2.75, 3.05) is 22.5 Å². The van der Waals surface area contributed by atoms with Gasteiger partial charge in [0.1, 0.15) is 5.82 Å². The van der Waals surface area contributed by atoms with Gasteiger partial charge in [0.05, 0.1) is 29.2 Å². The molecule has 3 aromatic carbocycles. The first-order chi connectivity index (χ1) is 16.2. The summed E-state index contributed by atoms with van der Waals surface area (Å²) in [5.74, 6) is -1.39. The van der Waals surface area contributed by atoms with Gasteiger partial charge in [-0.1, -0.05) is 0 Å². The van der Waals surface area contributed by atoms with Crippen LogP contribution in [0.25, 0.3) is 0 Å². The van der Waals surface area contributed by atoms with Gasteiger partial charge in [-0.05, 0) is 66.7 Å². The fourth-order valence-corrected chi connectivity index (χ4v) is 3.11. The molecule has 0 aliphatic carbocycles. The van der Waals surface area contributed by atoms with Crippen LogP contribution in [0, 0.1) is 5.82 Å². The van der Waals surface area contributed by atoms with Crippen molar-refractivity contribution in [1.82, 2.24) is 5.32 Å². The number of carbonyl (C=O) groups excluding carboxylic acids is 2. The number of halogens is 4. The highest BCUT2D eigenvalue weighted by atomic mass is 19.4. The van der Waals surface area contributed by atoms with Gasteiger partial charge in [-0.15, -0.1) is 0 Å². The Balaban J connectivity index is 1.62. The van der Waals surface area contributed by atoms with Crippen molar-refractivity contribution in [3.63, 3.8) is 0 Å². The number of hydrogen-bond donors (Lipinski definition) is 4. The number of alkyl halides is 3. The average molecular weight is 471 g/mol. The molecule has 0 bridgehead atoms. The monoisotopic (exact) mass is 471 g/mol. The highest BCUT2D eigenvalue weighted by Crippen LogP contribution is 2.31. The molecule has 0 saturated carbocycles. The molecular formula is C23H17F4N5O2. The summed E-state index contributed by atoms with van der Waals surface area (Å²) in [5, 5.41) is 11.1. The Morgan fingerprint density at radius 3 is 2.32 bits per heavy atom. The summed E-state index contributed by atoms with van der Waals surface area (Å²) in [6, 6.07) is 13.8. The second-order valence-corrected chi connectivity index (χ2v) is 7.25. The van der Waals surface area contributed by atoms with Crippen LogP contribution < -0.4 is 21.3 Å². The normalized spacial score (nSPS) is 13.4. The molecule has 34 heavy (non-hydrogen) atoms. The zero-order valence-electron chi connectivity index (χ0n) is 17.3. The lowest BCUT2D eigenvalue weighted by Crippen LogP contribution is -2.36. The zero-order valence-corrected chi connectivity index (χ0v) is 17.3. The molecule has 2 amide bonds. The summed E-state index contributed by atoms with van der Waals surface area (Å²) in [6.07, 6.45) is -4.49. The SMILES string of the molecule is O=C1CNc2cc(NC(=Nc3ccc(C(F)(F)F)cc3)NC(=O)c3ccc(F)cc3)ccc2N1. The van der Waals surface area contributed by atoms with Crippen LogP contribution in [0.4, 0.5) is 40.3 Å². The summed E-state index contributed by atoms with van der Waals surface area (Å²) in [7, 11) is 0. The van der Waals surface area contributed by atoms with E-state index < -0.39 is 23.5 Å². The third-order valence-electron chi connectivity index (χ3n) is 4.77. The minimum absolute atomic E-state index is 0.0751.